The molecule has 7 heteroatoms. The third kappa shape index (κ3) is 5.21. The second-order valence-electron chi connectivity index (χ2n) is 7.97. The van der Waals surface area contributed by atoms with Crippen LogP contribution in [-0.2, 0) is 14.8 Å². The zero-order valence-electron chi connectivity index (χ0n) is 17.8. The van der Waals surface area contributed by atoms with Crippen molar-refractivity contribution in [2.24, 2.45) is 0 Å². The Morgan fingerprint density at radius 3 is 2.37 bits per heavy atom. The van der Waals surface area contributed by atoms with Crippen molar-refractivity contribution in [2.75, 3.05) is 19.0 Å². The molecule has 0 radical (unpaired) electrons. The van der Waals surface area contributed by atoms with Crippen molar-refractivity contribution in [1.82, 2.24) is 4.31 Å². The first-order chi connectivity index (χ1) is 14.3. The first kappa shape index (κ1) is 22.3. The number of nitrogens with one attached hydrogen (secondary N) is 1. The predicted molar refractivity (Wildman–Crippen MR) is 118 cm³/mol. The number of carbonyl (C=O) groups excluding carboxylic acids is 1. The maximum Gasteiger partial charge on any atom is 0.243 e. The highest BCUT2D eigenvalue weighted by Gasteiger charge is 2.34. The minimum Gasteiger partial charge on any atom is -0.497 e. The van der Waals surface area contributed by atoms with Gasteiger partial charge in [0.1, 0.15) is 5.75 Å². The summed E-state index contributed by atoms with van der Waals surface area (Å²) in [6.45, 7) is 4.67. The molecule has 0 saturated carbocycles. The predicted octanol–water partition coefficient (Wildman–Crippen LogP) is 4.39. The number of hydrogen-bond donors (Lipinski definition) is 1. The molecule has 3 rings (SSSR count). The van der Waals surface area contributed by atoms with E-state index in [0.29, 0.717) is 24.6 Å². The summed E-state index contributed by atoms with van der Waals surface area (Å²) >= 11 is 0. The number of rotatable bonds is 7. The van der Waals surface area contributed by atoms with Crippen LogP contribution in [0.1, 0.15) is 51.0 Å². The van der Waals surface area contributed by atoms with Crippen LogP contribution in [0.25, 0.3) is 0 Å². The Morgan fingerprint density at radius 1 is 1.10 bits per heavy atom. The number of amides is 1. The SMILES string of the molecule is COc1ccc(S(=O)(=O)N2CCCC[C@@H]2CC(=O)Nc2ccc(C(C)C)cc2)cc1. The molecule has 0 spiro atoms. The van der Waals surface area contributed by atoms with Gasteiger partial charge in [0.15, 0.2) is 0 Å². The van der Waals surface area contributed by atoms with Crippen LogP contribution in [0.2, 0.25) is 0 Å². The molecule has 0 unspecified atom stereocenters. The second-order valence-corrected chi connectivity index (χ2v) is 9.86. The standard InChI is InChI=1S/C23H30N2O4S/c1-17(2)18-7-9-19(10-8-18)24-23(26)16-20-6-4-5-15-25(20)30(27,28)22-13-11-21(29-3)12-14-22/h7-14,17,20H,4-6,15-16H2,1-3H3,(H,24,26)/t20-/m1/s1. The van der Waals surface area contributed by atoms with Crippen LogP contribution >= 0.6 is 0 Å². The molecule has 0 aliphatic carbocycles. The number of piperidine rings is 1. The molecule has 162 valence electrons. The fourth-order valence-electron chi connectivity index (χ4n) is 3.75. The highest BCUT2D eigenvalue weighted by atomic mass is 32.2. The Labute approximate surface area is 179 Å². The van der Waals surface area contributed by atoms with E-state index in [1.165, 1.54) is 9.87 Å². The number of hydrogen-bond acceptors (Lipinski definition) is 4. The minimum absolute atomic E-state index is 0.140. The van der Waals surface area contributed by atoms with E-state index in [4.69, 9.17) is 4.74 Å². The molecule has 0 aromatic heterocycles. The third-order valence-corrected chi connectivity index (χ3v) is 7.49. The normalized spacial score (nSPS) is 17.7. The second kappa shape index (κ2) is 9.62. The Bertz CT molecular complexity index is 954. The monoisotopic (exact) mass is 430 g/mol. The molecule has 1 heterocycles. The Hall–Kier alpha value is -2.38. The number of ether oxygens (including phenoxy) is 1. The summed E-state index contributed by atoms with van der Waals surface area (Å²) in [7, 11) is -2.13. The lowest BCUT2D eigenvalue weighted by Gasteiger charge is -2.34. The number of sulfonamides is 1. The van der Waals surface area contributed by atoms with Crippen LogP contribution in [0.3, 0.4) is 0 Å². The fraction of sp³-hybridized carbons (Fsp3) is 0.435. The van der Waals surface area contributed by atoms with Crippen LogP contribution in [0.15, 0.2) is 53.4 Å². The maximum absolute atomic E-state index is 13.2. The van der Waals surface area contributed by atoms with E-state index in [1.807, 2.05) is 24.3 Å². The molecule has 0 bridgehead atoms. The molecule has 2 aromatic rings. The zero-order valence-corrected chi connectivity index (χ0v) is 18.6. The van der Waals surface area contributed by atoms with Crippen molar-refractivity contribution in [2.45, 2.75) is 56.4 Å². The van der Waals surface area contributed by atoms with Gasteiger partial charge in [0.25, 0.3) is 0 Å². The van der Waals surface area contributed by atoms with Crippen molar-refractivity contribution in [1.29, 1.82) is 0 Å². The van der Waals surface area contributed by atoms with Gasteiger partial charge in [-0.15, -0.1) is 0 Å². The maximum atomic E-state index is 13.2. The Balaban J connectivity index is 1.70. The van der Waals surface area contributed by atoms with Gasteiger partial charge in [0.05, 0.1) is 12.0 Å². The van der Waals surface area contributed by atoms with Crippen molar-refractivity contribution in [3.63, 3.8) is 0 Å². The number of methoxy groups -OCH3 is 1. The average Bonchev–Trinajstić information content (AvgIpc) is 2.74. The van der Waals surface area contributed by atoms with E-state index in [0.717, 1.165) is 18.5 Å². The zero-order chi connectivity index (χ0) is 21.7. The van der Waals surface area contributed by atoms with E-state index in [-0.39, 0.29) is 23.3 Å². The van der Waals surface area contributed by atoms with E-state index in [1.54, 1.807) is 31.4 Å². The van der Waals surface area contributed by atoms with Crippen molar-refractivity contribution in [3.05, 3.63) is 54.1 Å². The molecule has 2 aromatic carbocycles. The molecule has 1 amide bonds. The molecular weight excluding hydrogens is 400 g/mol. The summed E-state index contributed by atoms with van der Waals surface area (Å²) in [4.78, 5) is 12.9. The molecule has 6 nitrogen and oxygen atoms in total. The van der Waals surface area contributed by atoms with E-state index < -0.39 is 10.0 Å². The number of nitrogens with zero attached hydrogens (tertiary/aromatic N) is 1. The van der Waals surface area contributed by atoms with E-state index in [9.17, 15) is 13.2 Å². The van der Waals surface area contributed by atoms with Gasteiger partial charge in [0, 0.05) is 24.7 Å². The molecule has 1 aliphatic heterocycles. The van der Waals surface area contributed by atoms with Crippen molar-refractivity contribution < 1.29 is 17.9 Å². The molecule has 1 atom stereocenters. The number of carbonyl (C=O) groups is 1. The molecule has 1 fully saturated rings. The molecule has 1 aliphatic rings. The summed E-state index contributed by atoms with van der Waals surface area (Å²) in [5.41, 5.74) is 1.93. The van der Waals surface area contributed by atoms with Crippen LogP contribution in [0, 0.1) is 0 Å². The van der Waals surface area contributed by atoms with Crippen LogP contribution < -0.4 is 10.1 Å². The highest BCUT2D eigenvalue weighted by molar-refractivity contribution is 7.89. The van der Waals surface area contributed by atoms with Gasteiger partial charge in [-0.3, -0.25) is 4.79 Å². The number of anilines is 1. The summed E-state index contributed by atoms with van der Waals surface area (Å²) < 4.78 is 33.0. The molecule has 1 saturated heterocycles. The van der Waals surface area contributed by atoms with Crippen LogP contribution in [0.5, 0.6) is 5.75 Å². The van der Waals surface area contributed by atoms with Crippen molar-refractivity contribution >= 4 is 21.6 Å². The van der Waals surface area contributed by atoms with Crippen LogP contribution in [0.4, 0.5) is 5.69 Å². The van der Waals surface area contributed by atoms with Crippen molar-refractivity contribution in [3.8, 4) is 5.75 Å². The lowest BCUT2D eigenvalue weighted by molar-refractivity contribution is -0.117. The van der Waals surface area contributed by atoms with Gasteiger partial charge in [-0.05, 0) is 60.7 Å². The lowest BCUT2D eigenvalue weighted by atomic mass is 10.0. The van der Waals surface area contributed by atoms with Gasteiger partial charge in [-0.2, -0.15) is 4.31 Å². The summed E-state index contributed by atoms with van der Waals surface area (Å²) in [5.74, 6) is 0.856. The largest absolute Gasteiger partial charge is 0.497 e. The number of benzene rings is 2. The summed E-state index contributed by atoms with van der Waals surface area (Å²) in [6.07, 6.45) is 2.52. The van der Waals surface area contributed by atoms with Gasteiger partial charge < -0.3 is 10.1 Å². The average molecular weight is 431 g/mol. The lowest BCUT2D eigenvalue weighted by Crippen LogP contribution is -2.45. The summed E-state index contributed by atoms with van der Waals surface area (Å²) in [5, 5.41) is 2.91. The van der Waals surface area contributed by atoms with Gasteiger partial charge in [-0.1, -0.05) is 32.4 Å². The highest BCUT2D eigenvalue weighted by Crippen LogP contribution is 2.28. The summed E-state index contributed by atoms with van der Waals surface area (Å²) in [6, 6.07) is 13.8. The van der Waals surface area contributed by atoms with Crippen LogP contribution in [-0.4, -0.2) is 38.3 Å². The van der Waals surface area contributed by atoms with E-state index >= 15 is 0 Å². The smallest absolute Gasteiger partial charge is 0.243 e. The molecular formula is C23H30N2O4S. The fourth-order valence-corrected chi connectivity index (χ4v) is 5.45. The van der Waals surface area contributed by atoms with Gasteiger partial charge >= 0.3 is 0 Å². The molecule has 30 heavy (non-hydrogen) atoms. The topological polar surface area (TPSA) is 75.7 Å². The van der Waals surface area contributed by atoms with E-state index in [2.05, 4.69) is 19.2 Å². The van der Waals surface area contributed by atoms with Gasteiger partial charge in [0.2, 0.25) is 15.9 Å². The Kier molecular flexibility index (Phi) is 7.15. The Morgan fingerprint density at radius 2 is 1.77 bits per heavy atom. The van der Waals surface area contributed by atoms with Gasteiger partial charge in [-0.25, -0.2) is 8.42 Å². The molecule has 1 N–H and O–H groups in total. The quantitative estimate of drug-likeness (QED) is 0.707. The first-order valence-electron chi connectivity index (χ1n) is 10.4. The third-order valence-electron chi connectivity index (χ3n) is 5.52. The first-order valence-corrected chi connectivity index (χ1v) is 11.8. The minimum atomic E-state index is -3.67.